The zero-order valence-corrected chi connectivity index (χ0v) is 18.2. The number of hydrogen-bond donors (Lipinski definition) is 1. The largest absolute Gasteiger partial charge is 0.489 e. The van der Waals surface area contributed by atoms with Gasteiger partial charge in [0.15, 0.2) is 0 Å². The first-order chi connectivity index (χ1) is 14.6. The summed E-state index contributed by atoms with van der Waals surface area (Å²) in [5.74, 6) is 0.855. The molecule has 160 valence electrons. The predicted octanol–water partition coefficient (Wildman–Crippen LogP) is 3.03. The standard InChI is InChI=1S/C24H32N4O2/c1-4-28-13-5-6-20(28)16-25-15-18-7-10-21(11-8-18)30-17-19-9-12-22-23(14-19)27(3)24(29)26(22)2/h7-12,14,20,25H,4-6,13,15-17H2,1-3H3. The van der Waals surface area contributed by atoms with Crippen molar-refractivity contribution < 1.29 is 4.74 Å². The number of imidazole rings is 1. The Morgan fingerprint density at radius 3 is 2.53 bits per heavy atom. The van der Waals surface area contributed by atoms with Gasteiger partial charge in [0.1, 0.15) is 12.4 Å². The summed E-state index contributed by atoms with van der Waals surface area (Å²) in [6.45, 7) is 7.04. The number of benzene rings is 2. The monoisotopic (exact) mass is 408 g/mol. The zero-order valence-electron chi connectivity index (χ0n) is 18.2. The van der Waals surface area contributed by atoms with Crippen LogP contribution in [0.25, 0.3) is 11.0 Å². The number of nitrogens with zero attached hydrogens (tertiary/aromatic N) is 3. The molecule has 0 radical (unpaired) electrons. The number of likely N-dealkylation sites (tertiary alicyclic amines) is 1. The van der Waals surface area contributed by atoms with Gasteiger partial charge in [-0.25, -0.2) is 4.79 Å². The lowest BCUT2D eigenvalue weighted by atomic mass is 10.2. The molecule has 1 atom stereocenters. The Labute approximate surface area is 178 Å². The molecule has 2 heterocycles. The first-order valence-electron chi connectivity index (χ1n) is 10.9. The van der Waals surface area contributed by atoms with Crippen molar-refractivity contribution in [2.75, 3.05) is 19.6 Å². The van der Waals surface area contributed by atoms with Crippen LogP contribution in [0.3, 0.4) is 0 Å². The van der Waals surface area contributed by atoms with E-state index in [0.29, 0.717) is 12.6 Å². The quantitative estimate of drug-likeness (QED) is 0.623. The molecule has 6 nitrogen and oxygen atoms in total. The first kappa shape index (κ1) is 20.7. The number of rotatable bonds is 8. The van der Waals surface area contributed by atoms with Gasteiger partial charge in [0.05, 0.1) is 11.0 Å². The second kappa shape index (κ2) is 9.06. The van der Waals surface area contributed by atoms with E-state index in [4.69, 9.17) is 4.74 Å². The van der Waals surface area contributed by atoms with Crippen molar-refractivity contribution >= 4 is 11.0 Å². The second-order valence-corrected chi connectivity index (χ2v) is 8.21. The van der Waals surface area contributed by atoms with Gasteiger partial charge in [0.2, 0.25) is 0 Å². The number of ether oxygens (including phenoxy) is 1. The van der Waals surface area contributed by atoms with E-state index in [0.717, 1.165) is 42.0 Å². The van der Waals surface area contributed by atoms with Gasteiger partial charge in [-0.2, -0.15) is 0 Å². The molecule has 30 heavy (non-hydrogen) atoms. The van der Waals surface area contributed by atoms with Crippen molar-refractivity contribution in [2.24, 2.45) is 14.1 Å². The van der Waals surface area contributed by atoms with Crippen LogP contribution < -0.4 is 15.7 Å². The fourth-order valence-corrected chi connectivity index (χ4v) is 4.44. The zero-order chi connectivity index (χ0) is 21.1. The third kappa shape index (κ3) is 4.30. The van der Waals surface area contributed by atoms with Crippen LogP contribution in [0.15, 0.2) is 47.3 Å². The molecule has 1 unspecified atom stereocenters. The minimum absolute atomic E-state index is 0.0115. The van der Waals surface area contributed by atoms with Crippen LogP contribution >= 0.6 is 0 Å². The maximum Gasteiger partial charge on any atom is 0.328 e. The van der Waals surface area contributed by atoms with E-state index >= 15 is 0 Å². The van der Waals surface area contributed by atoms with Crippen LogP contribution in [0.1, 0.15) is 30.9 Å². The average Bonchev–Trinajstić information content (AvgIpc) is 3.31. The maximum absolute atomic E-state index is 12.1. The average molecular weight is 409 g/mol. The molecular weight excluding hydrogens is 376 g/mol. The van der Waals surface area contributed by atoms with E-state index in [2.05, 4.69) is 29.3 Å². The number of nitrogens with one attached hydrogen (secondary N) is 1. The van der Waals surface area contributed by atoms with Gasteiger partial charge in [-0.05, 0) is 61.3 Å². The SMILES string of the molecule is CCN1CCCC1CNCc1ccc(OCc2ccc3c(c2)n(C)c(=O)n3C)cc1. The lowest BCUT2D eigenvalue weighted by Gasteiger charge is -2.23. The summed E-state index contributed by atoms with van der Waals surface area (Å²) in [5.41, 5.74) is 4.16. The van der Waals surface area contributed by atoms with E-state index in [1.165, 1.54) is 24.9 Å². The molecule has 0 bridgehead atoms. The van der Waals surface area contributed by atoms with Crippen molar-refractivity contribution in [1.82, 2.24) is 19.4 Å². The Bertz CT molecular complexity index is 1050. The molecule has 0 amide bonds. The smallest absolute Gasteiger partial charge is 0.328 e. The highest BCUT2D eigenvalue weighted by Gasteiger charge is 2.22. The summed E-state index contributed by atoms with van der Waals surface area (Å²) in [6.07, 6.45) is 2.62. The number of aryl methyl sites for hydroxylation is 2. The molecule has 1 saturated heterocycles. The van der Waals surface area contributed by atoms with E-state index in [-0.39, 0.29) is 5.69 Å². The maximum atomic E-state index is 12.1. The second-order valence-electron chi connectivity index (χ2n) is 8.21. The normalized spacial score (nSPS) is 17.1. The molecule has 3 aromatic rings. The van der Waals surface area contributed by atoms with Crippen LogP contribution in [-0.4, -0.2) is 39.7 Å². The molecular formula is C24H32N4O2. The van der Waals surface area contributed by atoms with Crippen LogP contribution in [0.2, 0.25) is 0 Å². The highest BCUT2D eigenvalue weighted by Crippen LogP contribution is 2.18. The summed E-state index contributed by atoms with van der Waals surface area (Å²) in [5, 5.41) is 3.60. The third-order valence-corrected chi connectivity index (χ3v) is 6.28. The molecule has 1 aliphatic heterocycles. The summed E-state index contributed by atoms with van der Waals surface area (Å²) in [4.78, 5) is 14.6. The lowest BCUT2D eigenvalue weighted by Crippen LogP contribution is -2.37. The van der Waals surface area contributed by atoms with Crippen molar-refractivity contribution in [2.45, 2.75) is 39.0 Å². The summed E-state index contributed by atoms with van der Waals surface area (Å²) < 4.78 is 9.30. The Morgan fingerprint density at radius 1 is 1.03 bits per heavy atom. The Kier molecular flexibility index (Phi) is 6.25. The van der Waals surface area contributed by atoms with Crippen molar-refractivity contribution in [3.8, 4) is 5.75 Å². The van der Waals surface area contributed by atoms with Crippen LogP contribution in [0.4, 0.5) is 0 Å². The lowest BCUT2D eigenvalue weighted by molar-refractivity contribution is 0.260. The molecule has 6 heteroatoms. The van der Waals surface area contributed by atoms with E-state index in [1.807, 2.05) is 30.3 Å². The van der Waals surface area contributed by atoms with Gasteiger partial charge in [-0.1, -0.05) is 25.1 Å². The molecule has 1 N–H and O–H groups in total. The van der Waals surface area contributed by atoms with Gasteiger partial charge < -0.3 is 10.1 Å². The first-order valence-corrected chi connectivity index (χ1v) is 10.9. The minimum atomic E-state index is -0.0115. The van der Waals surface area contributed by atoms with Crippen LogP contribution in [0.5, 0.6) is 5.75 Å². The Morgan fingerprint density at radius 2 is 1.77 bits per heavy atom. The molecule has 1 aromatic heterocycles. The molecule has 0 aliphatic carbocycles. The van der Waals surface area contributed by atoms with Gasteiger partial charge in [-0.15, -0.1) is 0 Å². The third-order valence-electron chi connectivity index (χ3n) is 6.28. The predicted molar refractivity (Wildman–Crippen MR) is 121 cm³/mol. The van der Waals surface area contributed by atoms with Crippen LogP contribution in [0, 0.1) is 0 Å². The molecule has 1 aliphatic rings. The molecule has 2 aromatic carbocycles. The molecule has 4 rings (SSSR count). The minimum Gasteiger partial charge on any atom is -0.489 e. The number of fused-ring (bicyclic) bond motifs is 1. The molecule has 1 fully saturated rings. The summed E-state index contributed by atoms with van der Waals surface area (Å²) in [7, 11) is 3.60. The van der Waals surface area contributed by atoms with Crippen LogP contribution in [-0.2, 0) is 27.2 Å². The number of likely N-dealkylation sites (N-methyl/N-ethyl adjacent to an activating group) is 1. The van der Waals surface area contributed by atoms with E-state index in [1.54, 1.807) is 23.2 Å². The highest BCUT2D eigenvalue weighted by atomic mass is 16.5. The Hall–Kier alpha value is -2.57. The van der Waals surface area contributed by atoms with Gasteiger partial charge in [0.25, 0.3) is 0 Å². The van der Waals surface area contributed by atoms with Crippen molar-refractivity contribution in [1.29, 1.82) is 0 Å². The van der Waals surface area contributed by atoms with Crippen molar-refractivity contribution in [3.63, 3.8) is 0 Å². The van der Waals surface area contributed by atoms with Gasteiger partial charge >= 0.3 is 5.69 Å². The molecule has 0 saturated carbocycles. The van der Waals surface area contributed by atoms with E-state index in [9.17, 15) is 4.79 Å². The van der Waals surface area contributed by atoms with Gasteiger partial charge in [-0.3, -0.25) is 14.0 Å². The fourth-order valence-electron chi connectivity index (χ4n) is 4.44. The fraction of sp³-hybridized carbons (Fsp3) is 0.458. The Balaban J connectivity index is 1.30. The summed E-state index contributed by atoms with van der Waals surface area (Å²) in [6, 6.07) is 15.0. The number of hydrogen-bond acceptors (Lipinski definition) is 4. The van der Waals surface area contributed by atoms with Crippen molar-refractivity contribution in [3.05, 3.63) is 64.1 Å². The van der Waals surface area contributed by atoms with Gasteiger partial charge in [0, 0.05) is 33.2 Å². The van der Waals surface area contributed by atoms with E-state index < -0.39 is 0 Å². The highest BCUT2D eigenvalue weighted by molar-refractivity contribution is 5.76. The topological polar surface area (TPSA) is 51.4 Å². The molecule has 0 spiro atoms. The number of aromatic nitrogens is 2. The summed E-state index contributed by atoms with van der Waals surface area (Å²) >= 11 is 0.